The van der Waals surface area contributed by atoms with E-state index in [0.29, 0.717) is 11.8 Å². The number of carbonyl (C=O) groups excluding carboxylic acids is 2. The summed E-state index contributed by atoms with van der Waals surface area (Å²) in [4.78, 5) is 27.4. The minimum absolute atomic E-state index is 0.0306. The smallest absolute Gasteiger partial charge is 0.410 e. The maximum atomic E-state index is 12.0. The number of nitrogens with zero attached hydrogens (tertiary/aromatic N) is 2. The van der Waals surface area contributed by atoms with Crippen molar-refractivity contribution in [1.29, 1.82) is 0 Å². The normalized spacial score (nSPS) is 24.2. The Kier molecular flexibility index (Phi) is 6.12. The lowest BCUT2D eigenvalue weighted by Crippen LogP contribution is -2.56. The van der Waals surface area contributed by atoms with Crippen LogP contribution in [0.2, 0.25) is 0 Å². The van der Waals surface area contributed by atoms with Gasteiger partial charge in [0.15, 0.2) is 0 Å². The average molecular weight is 339 g/mol. The van der Waals surface area contributed by atoms with Gasteiger partial charge < -0.3 is 19.9 Å². The second-order valence-corrected chi connectivity index (χ2v) is 8.41. The molecule has 0 aromatic heterocycles. The topological polar surface area (TPSA) is 61.9 Å². The molecule has 2 heterocycles. The van der Waals surface area contributed by atoms with Crippen molar-refractivity contribution >= 4 is 12.0 Å². The van der Waals surface area contributed by atoms with Crippen molar-refractivity contribution in [2.24, 2.45) is 11.8 Å². The third-order valence-corrected chi connectivity index (χ3v) is 4.75. The lowest BCUT2D eigenvalue weighted by Gasteiger charge is -2.46. The first-order chi connectivity index (χ1) is 11.1. The van der Waals surface area contributed by atoms with Crippen LogP contribution < -0.4 is 5.32 Å². The van der Waals surface area contributed by atoms with Crippen LogP contribution in [0.15, 0.2) is 0 Å². The van der Waals surface area contributed by atoms with Crippen molar-refractivity contribution in [3.05, 3.63) is 0 Å². The molecule has 0 saturated carbocycles. The summed E-state index contributed by atoms with van der Waals surface area (Å²) in [6, 6.07) is 0.181. The van der Waals surface area contributed by atoms with Crippen LogP contribution in [0.5, 0.6) is 0 Å². The van der Waals surface area contributed by atoms with E-state index in [1.807, 2.05) is 25.7 Å². The van der Waals surface area contributed by atoms with Gasteiger partial charge in [-0.05, 0) is 58.9 Å². The van der Waals surface area contributed by atoms with Crippen LogP contribution in [0, 0.1) is 11.8 Å². The molecule has 0 bridgehead atoms. The molecule has 2 saturated heterocycles. The van der Waals surface area contributed by atoms with Crippen LogP contribution in [0.4, 0.5) is 4.79 Å². The summed E-state index contributed by atoms with van der Waals surface area (Å²) in [5.41, 5.74) is -0.427. The number of nitrogens with one attached hydrogen (secondary N) is 1. The Balaban J connectivity index is 1.74. The predicted octanol–water partition coefficient (Wildman–Crippen LogP) is 2.09. The highest BCUT2D eigenvalue weighted by molar-refractivity contribution is 5.73. The second kappa shape index (κ2) is 7.72. The van der Waals surface area contributed by atoms with Gasteiger partial charge in [0.05, 0.1) is 0 Å². The van der Waals surface area contributed by atoms with Gasteiger partial charge in [-0.3, -0.25) is 4.79 Å². The fraction of sp³-hybridized carbons (Fsp3) is 0.889. The van der Waals surface area contributed by atoms with Crippen LogP contribution in [0.25, 0.3) is 0 Å². The van der Waals surface area contributed by atoms with Gasteiger partial charge in [-0.2, -0.15) is 0 Å². The van der Waals surface area contributed by atoms with Crippen LogP contribution >= 0.6 is 0 Å². The zero-order valence-corrected chi connectivity index (χ0v) is 15.8. The Labute approximate surface area is 145 Å². The first-order valence-corrected chi connectivity index (χ1v) is 9.11. The monoisotopic (exact) mass is 339 g/mol. The number of rotatable bonds is 4. The summed E-state index contributed by atoms with van der Waals surface area (Å²) in [5, 5.41) is 2.96. The van der Waals surface area contributed by atoms with Crippen molar-refractivity contribution in [3.63, 3.8) is 0 Å². The van der Waals surface area contributed by atoms with Crippen LogP contribution in [0.3, 0.4) is 0 Å². The third-order valence-electron chi connectivity index (χ3n) is 4.75. The SMILES string of the molecule is CC(=O)N[C@H](C)CN1CCC[C@H](C2CN(C(=O)OC(C)(C)C)C2)C1. The number of ether oxygens (including phenoxy) is 1. The minimum Gasteiger partial charge on any atom is -0.444 e. The zero-order chi connectivity index (χ0) is 17.9. The molecule has 24 heavy (non-hydrogen) atoms. The van der Waals surface area contributed by atoms with E-state index in [9.17, 15) is 9.59 Å². The van der Waals surface area contributed by atoms with E-state index in [2.05, 4.69) is 17.1 Å². The van der Waals surface area contributed by atoms with Crippen molar-refractivity contribution in [2.45, 2.75) is 59.1 Å². The first-order valence-electron chi connectivity index (χ1n) is 9.11. The summed E-state index contributed by atoms with van der Waals surface area (Å²) < 4.78 is 5.42. The van der Waals surface area contributed by atoms with E-state index < -0.39 is 5.60 Å². The highest BCUT2D eigenvalue weighted by atomic mass is 16.6. The van der Waals surface area contributed by atoms with Gasteiger partial charge >= 0.3 is 6.09 Å². The highest BCUT2D eigenvalue weighted by Crippen LogP contribution is 2.31. The molecular weight excluding hydrogens is 306 g/mol. The predicted molar refractivity (Wildman–Crippen MR) is 93.7 cm³/mol. The highest BCUT2D eigenvalue weighted by Gasteiger charge is 2.39. The summed E-state index contributed by atoms with van der Waals surface area (Å²) >= 11 is 0. The van der Waals surface area contributed by atoms with Crippen LogP contribution in [-0.4, -0.2) is 66.2 Å². The molecule has 2 aliphatic rings. The largest absolute Gasteiger partial charge is 0.444 e. The summed E-state index contributed by atoms with van der Waals surface area (Å²) in [5.74, 6) is 1.25. The van der Waals surface area contributed by atoms with E-state index in [0.717, 1.165) is 32.7 Å². The van der Waals surface area contributed by atoms with Gasteiger partial charge in [0.25, 0.3) is 0 Å². The molecule has 6 heteroatoms. The van der Waals surface area contributed by atoms with Crippen molar-refractivity contribution in [2.75, 3.05) is 32.7 Å². The molecule has 1 N–H and O–H groups in total. The quantitative estimate of drug-likeness (QED) is 0.852. The van der Waals surface area contributed by atoms with Gasteiger partial charge in [-0.15, -0.1) is 0 Å². The van der Waals surface area contributed by atoms with E-state index in [1.165, 1.54) is 12.8 Å². The Bertz CT molecular complexity index is 455. The molecule has 0 spiro atoms. The van der Waals surface area contributed by atoms with Crippen molar-refractivity contribution in [1.82, 2.24) is 15.1 Å². The van der Waals surface area contributed by atoms with Crippen LogP contribution in [0.1, 0.15) is 47.5 Å². The lowest BCUT2D eigenvalue weighted by molar-refractivity contribution is -0.119. The fourth-order valence-corrected chi connectivity index (χ4v) is 3.71. The number of hydrogen-bond acceptors (Lipinski definition) is 4. The van der Waals surface area contributed by atoms with Crippen molar-refractivity contribution < 1.29 is 14.3 Å². The maximum Gasteiger partial charge on any atom is 0.410 e. The molecule has 0 radical (unpaired) electrons. The second-order valence-electron chi connectivity index (χ2n) is 8.41. The molecule has 0 aromatic carbocycles. The Morgan fingerprint density at radius 3 is 2.46 bits per heavy atom. The standard InChI is InChI=1S/C18H33N3O3/c1-13(19-14(2)22)9-20-8-6-7-15(10-20)16-11-21(12-16)17(23)24-18(3,4)5/h13,15-16H,6-12H2,1-5H3,(H,19,22)/t13-,15+/m1/s1. The number of amides is 2. The molecular formula is C18H33N3O3. The molecule has 0 aromatic rings. The van der Waals surface area contributed by atoms with E-state index in [1.54, 1.807) is 6.92 Å². The first kappa shape index (κ1) is 19.0. The number of carbonyl (C=O) groups is 2. The fourth-order valence-electron chi connectivity index (χ4n) is 3.71. The summed E-state index contributed by atoms with van der Waals surface area (Å²) in [6.45, 7) is 14.0. The van der Waals surface area contributed by atoms with E-state index in [-0.39, 0.29) is 18.0 Å². The Morgan fingerprint density at radius 2 is 1.88 bits per heavy atom. The van der Waals surface area contributed by atoms with Gasteiger partial charge in [0, 0.05) is 39.1 Å². The number of hydrogen-bond donors (Lipinski definition) is 1. The molecule has 2 fully saturated rings. The molecule has 2 aliphatic heterocycles. The molecule has 2 atom stereocenters. The molecule has 0 unspecified atom stereocenters. The molecule has 2 amide bonds. The number of likely N-dealkylation sites (tertiary alicyclic amines) is 2. The summed E-state index contributed by atoms with van der Waals surface area (Å²) in [6.07, 6.45) is 2.24. The van der Waals surface area contributed by atoms with Gasteiger partial charge in [0.2, 0.25) is 5.91 Å². The zero-order valence-electron chi connectivity index (χ0n) is 15.8. The van der Waals surface area contributed by atoms with Gasteiger partial charge in [-0.25, -0.2) is 4.79 Å². The molecule has 0 aliphatic carbocycles. The lowest BCUT2D eigenvalue weighted by atomic mass is 9.80. The average Bonchev–Trinajstić information content (AvgIpc) is 2.33. The molecule has 6 nitrogen and oxygen atoms in total. The van der Waals surface area contributed by atoms with Crippen molar-refractivity contribution in [3.8, 4) is 0 Å². The summed E-state index contributed by atoms with van der Waals surface area (Å²) in [7, 11) is 0. The van der Waals surface area contributed by atoms with E-state index in [4.69, 9.17) is 4.74 Å². The van der Waals surface area contributed by atoms with Gasteiger partial charge in [0.1, 0.15) is 5.60 Å². The Hall–Kier alpha value is -1.30. The Morgan fingerprint density at radius 1 is 1.21 bits per heavy atom. The number of piperidine rings is 1. The molecule has 2 rings (SSSR count). The molecule has 138 valence electrons. The third kappa shape index (κ3) is 5.65. The maximum absolute atomic E-state index is 12.0. The van der Waals surface area contributed by atoms with Gasteiger partial charge in [-0.1, -0.05) is 0 Å². The van der Waals surface area contributed by atoms with E-state index >= 15 is 0 Å². The van der Waals surface area contributed by atoms with Crippen LogP contribution in [-0.2, 0) is 9.53 Å². The minimum atomic E-state index is -0.427.